The number of aliphatic imine (C=N–C) groups is 1. The van der Waals surface area contributed by atoms with E-state index in [1.807, 2.05) is 18.2 Å². The molecule has 2 rings (SSSR count). The lowest BCUT2D eigenvalue weighted by molar-refractivity contribution is 0.199. The van der Waals surface area contributed by atoms with E-state index >= 15 is 0 Å². The average Bonchev–Trinajstić information content (AvgIpc) is 2.76. The van der Waals surface area contributed by atoms with Gasteiger partial charge in [0.2, 0.25) is 0 Å². The van der Waals surface area contributed by atoms with Crippen molar-refractivity contribution in [3.8, 4) is 0 Å². The molecule has 1 aromatic rings. The van der Waals surface area contributed by atoms with E-state index in [4.69, 9.17) is 9.47 Å². The molecule has 3 nitrogen and oxygen atoms in total. The molecule has 0 N–H and O–H groups in total. The normalized spacial score (nSPS) is 19.8. The Kier molecular flexibility index (Phi) is 3.35. The van der Waals surface area contributed by atoms with Crippen LogP contribution < -0.4 is 0 Å². The van der Waals surface area contributed by atoms with Gasteiger partial charge >= 0.3 is 0 Å². The zero-order valence-corrected chi connectivity index (χ0v) is 8.85. The average molecular weight is 205 g/mol. The van der Waals surface area contributed by atoms with Gasteiger partial charge in [-0.15, -0.1) is 0 Å². The molecule has 1 aliphatic heterocycles. The summed E-state index contributed by atoms with van der Waals surface area (Å²) in [5.41, 5.74) is 1.21. The molecule has 80 valence electrons. The van der Waals surface area contributed by atoms with Gasteiger partial charge in [0.05, 0.1) is 6.61 Å². The lowest BCUT2D eigenvalue weighted by atomic mass is 10.1. The van der Waals surface area contributed by atoms with Crippen LogP contribution in [-0.4, -0.2) is 26.2 Å². The van der Waals surface area contributed by atoms with Gasteiger partial charge in [-0.1, -0.05) is 30.3 Å². The highest BCUT2D eigenvalue weighted by Gasteiger charge is 2.19. The molecule has 3 heteroatoms. The Hall–Kier alpha value is -1.35. The van der Waals surface area contributed by atoms with Gasteiger partial charge in [-0.2, -0.15) is 0 Å². The van der Waals surface area contributed by atoms with Crippen LogP contribution in [0.5, 0.6) is 0 Å². The monoisotopic (exact) mass is 205 g/mol. The standard InChI is InChI=1S/C12H15NO2/c1-14-8-7-12-13-11(9-15-12)10-5-3-2-4-6-10/h2-6,11H,7-9H2,1H3/t11-/m0/s1. The Morgan fingerprint density at radius 3 is 2.93 bits per heavy atom. The maximum absolute atomic E-state index is 5.49. The predicted molar refractivity (Wildman–Crippen MR) is 59.1 cm³/mol. The summed E-state index contributed by atoms with van der Waals surface area (Å²) in [6, 6.07) is 10.4. The smallest absolute Gasteiger partial charge is 0.186 e. The molecule has 1 aliphatic rings. The second-order valence-corrected chi connectivity index (χ2v) is 3.50. The van der Waals surface area contributed by atoms with Gasteiger partial charge in [0, 0.05) is 13.5 Å². The van der Waals surface area contributed by atoms with Crippen LogP contribution in [0.2, 0.25) is 0 Å². The highest BCUT2D eigenvalue weighted by molar-refractivity contribution is 5.77. The number of benzene rings is 1. The molecule has 1 aromatic carbocycles. The fourth-order valence-corrected chi connectivity index (χ4v) is 1.60. The van der Waals surface area contributed by atoms with Crippen molar-refractivity contribution >= 4 is 5.90 Å². The van der Waals surface area contributed by atoms with Crippen molar-refractivity contribution in [3.05, 3.63) is 35.9 Å². The number of hydrogen-bond acceptors (Lipinski definition) is 3. The molecule has 15 heavy (non-hydrogen) atoms. The van der Waals surface area contributed by atoms with Gasteiger partial charge in [-0.25, -0.2) is 4.99 Å². The van der Waals surface area contributed by atoms with Gasteiger partial charge in [-0.3, -0.25) is 0 Å². The molecule has 1 atom stereocenters. The summed E-state index contributed by atoms with van der Waals surface area (Å²) in [4.78, 5) is 4.51. The Morgan fingerprint density at radius 1 is 1.40 bits per heavy atom. The van der Waals surface area contributed by atoms with Crippen molar-refractivity contribution in [2.45, 2.75) is 12.5 Å². The molecule has 1 heterocycles. The van der Waals surface area contributed by atoms with Gasteiger partial charge in [0.15, 0.2) is 5.90 Å². The third-order valence-electron chi connectivity index (χ3n) is 2.41. The van der Waals surface area contributed by atoms with Crippen LogP contribution >= 0.6 is 0 Å². The molecule has 0 saturated carbocycles. The van der Waals surface area contributed by atoms with E-state index in [-0.39, 0.29) is 6.04 Å². The Balaban J connectivity index is 1.99. The van der Waals surface area contributed by atoms with E-state index in [0.717, 1.165) is 12.3 Å². The first-order chi connectivity index (χ1) is 7.40. The highest BCUT2D eigenvalue weighted by atomic mass is 16.5. The Morgan fingerprint density at radius 2 is 2.20 bits per heavy atom. The van der Waals surface area contributed by atoms with Gasteiger partial charge < -0.3 is 9.47 Å². The molecule has 0 spiro atoms. The van der Waals surface area contributed by atoms with Gasteiger partial charge in [0.1, 0.15) is 12.6 Å². The molecule has 0 aliphatic carbocycles. The minimum Gasteiger partial charge on any atom is -0.478 e. The van der Waals surface area contributed by atoms with Gasteiger partial charge in [0.25, 0.3) is 0 Å². The molecule has 0 saturated heterocycles. The Labute approximate surface area is 89.7 Å². The summed E-state index contributed by atoms with van der Waals surface area (Å²) < 4.78 is 10.5. The highest BCUT2D eigenvalue weighted by Crippen LogP contribution is 2.23. The SMILES string of the molecule is COCCC1=N[C@H](c2ccccc2)CO1. The summed E-state index contributed by atoms with van der Waals surface area (Å²) in [5, 5.41) is 0. The van der Waals surface area contributed by atoms with E-state index in [2.05, 4.69) is 17.1 Å². The van der Waals surface area contributed by atoms with Crippen LogP contribution in [0.4, 0.5) is 0 Å². The topological polar surface area (TPSA) is 30.8 Å². The van der Waals surface area contributed by atoms with Gasteiger partial charge in [-0.05, 0) is 5.56 Å². The van der Waals surface area contributed by atoms with E-state index in [1.54, 1.807) is 7.11 Å². The van der Waals surface area contributed by atoms with Crippen molar-refractivity contribution in [1.29, 1.82) is 0 Å². The number of hydrogen-bond donors (Lipinski definition) is 0. The fraction of sp³-hybridized carbons (Fsp3) is 0.417. The zero-order chi connectivity index (χ0) is 10.5. The summed E-state index contributed by atoms with van der Waals surface area (Å²) >= 11 is 0. The van der Waals surface area contributed by atoms with Crippen LogP contribution in [-0.2, 0) is 9.47 Å². The minimum absolute atomic E-state index is 0.165. The Bertz CT molecular complexity index is 335. The summed E-state index contributed by atoms with van der Waals surface area (Å²) in [5.74, 6) is 0.811. The molecule has 0 fully saturated rings. The number of ether oxygens (including phenoxy) is 2. The van der Waals surface area contributed by atoms with Crippen LogP contribution in [0, 0.1) is 0 Å². The lowest BCUT2D eigenvalue weighted by Crippen LogP contribution is -2.02. The van der Waals surface area contributed by atoms with E-state index in [1.165, 1.54) is 5.56 Å². The van der Waals surface area contributed by atoms with Crippen LogP contribution in [0.3, 0.4) is 0 Å². The molecule has 0 bridgehead atoms. The molecular weight excluding hydrogens is 190 g/mol. The van der Waals surface area contributed by atoms with Crippen molar-refractivity contribution < 1.29 is 9.47 Å². The maximum atomic E-state index is 5.49. The van der Waals surface area contributed by atoms with Crippen LogP contribution in [0.1, 0.15) is 18.0 Å². The first kappa shape index (κ1) is 10.2. The summed E-state index contributed by atoms with van der Waals surface area (Å²) in [6.45, 7) is 1.32. The van der Waals surface area contributed by atoms with Crippen molar-refractivity contribution in [1.82, 2.24) is 0 Å². The number of methoxy groups -OCH3 is 1. The van der Waals surface area contributed by atoms with Crippen molar-refractivity contribution in [2.75, 3.05) is 20.3 Å². The van der Waals surface area contributed by atoms with Crippen molar-refractivity contribution in [3.63, 3.8) is 0 Å². The zero-order valence-electron chi connectivity index (χ0n) is 8.85. The summed E-state index contributed by atoms with van der Waals surface area (Å²) in [7, 11) is 1.68. The van der Waals surface area contributed by atoms with E-state index in [9.17, 15) is 0 Å². The second kappa shape index (κ2) is 4.94. The first-order valence-corrected chi connectivity index (χ1v) is 5.13. The first-order valence-electron chi connectivity index (χ1n) is 5.13. The van der Waals surface area contributed by atoms with Crippen molar-refractivity contribution in [2.24, 2.45) is 4.99 Å². The quantitative estimate of drug-likeness (QED) is 0.754. The summed E-state index contributed by atoms with van der Waals surface area (Å²) in [6.07, 6.45) is 0.764. The maximum Gasteiger partial charge on any atom is 0.186 e. The van der Waals surface area contributed by atoms with Crippen LogP contribution in [0.15, 0.2) is 35.3 Å². The number of rotatable bonds is 4. The van der Waals surface area contributed by atoms with Crippen LogP contribution in [0.25, 0.3) is 0 Å². The molecule has 0 radical (unpaired) electrons. The largest absolute Gasteiger partial charge is 0.478 e. The van der Waals surface area contributed by atoms with E-state index in [0.29, 0.717) is 13.2 Å². The molecular formula is C12H15NO2. The fourth-order valence-electron chi connectivity index (χ4n) is 1.60. The predicted octanol–water partition coefficient (Wildman–Crippen LogP) is 2.19. The van der Waals surface area contributed by atoms with E-state index < -0.39 is 0 Å². The molecule has 0 unspecified atom stereocenters. The third-order valence-corrected chi connectivity index (χ3v) is 2.41. The third kappa shape index (κ3) is 2.57. The molecule has 0 aromatic heterocycles. The minimum atomic E-state index is 0.165. The lowest BCUT2D eigenvalue weighted by Gasteiger charge is -2.03. The second-order valence-electron chi connectivity index (χ2n) is 3.50. The molecule has 0 amide bonds. The number of nitrogens with zero attached hydrogens (tertiary/aromatic N) is 1.